The summed E-state index contributed by atoms with van der Waals surface area (Å²) in [5.41, 5.74) is 8.12. The second-order valence-corrected chi connectivity index (χ2v) is 2.89. The standard InChI is InChI=1S/C12H9NO/c13-12-3-1-2-10(8-12)4-5-11-6-7-14-9-11/h1-3,6-9H,13H2. The average Bonchev–Trinajstić information content (AvgIpc) is 2.67. The molecule has 0 saturated heterocycles. The van der Waals surface area contributed by atoms with Crippen molar-refractivity contribution in [3.05, 3.63) is 54.0 Å². The van der Waals surface area contributed by atoms with E-state index in [1.807, 2.05) is 30.3 Å². The third-order valence-electron chi connectivity index (χ3n) is 1.76. The van der Waals surface area contributed by atoms with Crippen molar-refractivity contribution in [3.63, 3.8) is 0 Å². The fourth-order valence-corrected chi connectivity index (χ4v) is 1.10. The molecule has 1 aromatic heterocycles. The Labute approximate surface area is 82.4 Å². The van der Waals surface area contributed by atoms with Gasteiger partial charge in [-0.25, -0.2) is 0 Å². The molecule has 2 nitrogen and oxygen atoms in total. The van der Waals surface area contributed by atoms with Crippen LogP contribution in [-0.4, -0.2) is 0 Å². The summed E-state index contributed by atoms with van der Waals surface area (Å²) in [6.45, 7) is 0. The van der Waals surface area contributed by atoms with E-state index < -0.39 is 0 Å². The number of nitrogens with two attached hydrogens (primary N) is 1. The number of hydrogen-bond donors (Lipinski definition) is 1. The number of hydrogen-bond acceptors (Lipinski definition) is 2. The third-order valence-corrected chi connectivity index (χ3v) is 1.76. The molecule has 0 fully saturated rings. The van der Waals surface area contributed by atoms with Crippen LogP contribution in [0.5, 0.6) is 0 Å². The van der Waals surface area contributed by atoms with E-state index in [9.17, 15) is 0 Å². The van der Waals surface area contributed by atoms with E-state index in [2.05, 4.69) is 11.8 Å². The minimum Gasteiger partial charge on any atom is -0.471 e. The third kappa shape index (κ3) is 1.96. The topological polar surface area (TPSA) is 39.2 Å². The highest BCUT2D eigenvalue weighted by atomic mass is 16.3. The summed E-state index contributed by atoms with van der Waals surface area (Å²) in [5.74, 6) is 5.97. The highest BCUT2D eigenvalue weighted by Gasteiger charge is 1.88. The molecule has 2 N–H and O–H groups in total. The first-order valence-corrected chi connectivity index (χ1v) is 4.24. The Morgan fingerprint density at radius 2 is 1.93 bits per heavy atom. The van der Waals surface area contributed by atoms with Gasteiger partial charge < -0.3 is 10.2 Å². The quantitative estimate of drug-likeness (QED) is 0.502. The lowest BCUT2D eigenvalue weighted by atomic mass is 10.2. The van der Waals surface area contributed by atoms with Crippen molar-refractivity contribution < 1.29 is 4.42 Å². The van der Waals surface area contributed by atoms with E-state index in [0.717, 1.165) is 16.8 Å². The van der Waals surface area contributed by atoms with Crippen molar-refractivity contribution in [2.24, 2.45) is 0 Å². The highest BCUT2D eigenvalue weighted by Crippen LogP contribution is 2.05. The van der Waals surface area contributed by atoms with Gasteiger partial charge in [-0.1, -0.05) is 17.9 Å². The fraction of sp³-hybridized carbons (Fsp3) is 0. The first-order valence-electron chi connectivity index (χ1n) is 4.24. The summed E-state index contributed by atoms with van der Waals surface area (Å²) >= 11 is 0. The average molecular weight is 183 g/mol. The van der Waals surface area contributed by atoms with Crippen LogP contribution in [-0.2, 0) is 0 Å². The van der Waals surface area contributed by atoms with Gasteiger partial charge >= 0.3 is 0 Å². The number of benzene rings is 1. The second kappa shape index (κ2) is 3.71. The largest absolute Gasteiger partial charge is 0.471 e. The Bertz CT molecular complexity index is 475. The summed E-state index contributed by atoms with van der Waals surface area (Å²) in [4.78, 5) is 0. The molecular formula is C12H9NO. The molecule has 0 aliphatic heterocycles. The van der Waals surface area contributed by atoms with Gasteiger partial charge in [0.25, 0.3) is 0 Å². The van der Waals surface area contributed by atoms with Crippen molar-refractivity contribution in [3.8, 4) is 11.8 Å². The van der Waals surface area contributed by atoms with Crippen molar-refractivity contribution >= 4 is 5.69 Å². The number of rotatable bonds is 0. The lowest BCUT2D eigenvalue weighted by Gasteiger charge is -1.91. The van der Waals surface area contributed by atoms with E-state index in [1.165, 1.54) is 0 Å². The molecule has 1 heterocycles. The van der Waals surface area contributed by atoms with Gasteiger partial charge in [-0.15, -0.1) is 0 Å². The predicted molar refractivity (Wildman–Crippen MR) is 55.5 cm³/mol. The van der Waals surface area contributed by atoms with Gasteiger partial charge in [-0.2, -0.15) is 0 Å². The van der Waals surface area contributed by atoms with Crippen LogP contribution in [0.2, 0.25) is 0 Å². The fourth-order valence-electron chi connectivity index (χ4n) is 1.10. The van der Waals surface area contributed by atoms with Crippen LogP contribution in [0.1, 0.15) is 11.1 Å². The van der Waals surface area contributed by atoms with Crippen molar-refractivity contribution in [2.45, 2.75) is 0 Å². The Hall–Kier alpha value is -2.14. The summed E-state index contributed by atoms with van der Waals surface area (Å²) in [5, 5.41) is 0. The van der Waals surface area contributed by atoms with E-state index in [4.69, 9.17) is 10.2 Å². The zero-order valence-corrected chi connectivity index (χ0v) is 7.53. The molecule has 0 atom stereocenters. The minimum absolute atomic E-state index is 0.726. The van der Waals surface area contributed by atoms with Crippen LogP contribution in [0, 0.1) is 11.8 Å². The molecule has 0 aliphatic rings. The van der Waals surface area contributed by atoms with Crippen LogP contribution >= 0.6 is 0 Å². The molecule has 2 rings (SSSR count). The first-order chi connectivity index (χ1) is 6.84. The van der Waals surface area contributed by atoms with Gasteiger partial charge in [-0.05, 0) is 24.3 Å². The normalized spacial score (nSPS) is 9.14. The van der Waals surface area contributed by atoms with E-state index >= 15 is 0 Å². The smallest absolute Gasteiger partial charge is 0.106 e. The molecule has 2 heteroatoms. The molecule has 2 aromatic rings. The van der Waals surface area contributed by atoms with E-state index in [1.54, 1.807) is 12.5 Å². The maximum Gasteiger partial charge on any atom is 0.106 e. The van der Waals surface area contributed by atoms with Gasteiger partial charge in [0.2, 0.25) is 0 Å². The zero-order chi connectivity index (χ0) is 9.80. The second-order valence-electron chi connectivity index (χ2n) is 2.89. The lowest BCUT2D eigenvalue weighted by molar-refractivity contribution is 0.566. The van der Waals surface area contributed by atoms with Gasteiger partial charge in [0.15, 0.2) is 0 Å². The number of nitrogen functional groups attached to an aromatic ring is 1. The lowest BCUT2D eigenvalue weighted by Crippen LogP contribution is -1.84. The van der Waals surface area contributed by atoms with Crippen LogP contribution in [0.25, 0.3) is 0 Å². The molecule has 68 valence electrons. The van der Waals surface area contributed by atoms with Crippen LogP contribution in [0.15, 0.2) is 47.3 Å². The highest BCUT2D eigenvalue weighted by molar-refractivity contribution is 5.49. The summed E-state index contributed by atoms with van der Waals surface area (Å²) in [6.07, 6.45) is 3.21. The molecule has 0 unspecified atom stereocenters. The Kier molecular flexibility index (Phi) is 2.24. The molecule has 0 amide bonds. The Balaban J connectivity index is 2.26. The molecule has 0 saturated carbocycles. The first kappa shape index (κ1) is 8.46. The molecule has 0 aliphatic carbocycles. The maximum absolute atomic E-state index is 5.62. The van der Waals surface area contributed by atoms with Gasteiger partial charge in [0.05, 0.1) is 11.8 Å². The molecule has 1 aromatic carbocycles. The maximum atomic E-state index is 5.62. The minimum atomic E-state index is 0.726. The SMILES string of the molecule is Nc1cccc(C#Cc2ccoc2)c1. The molecule has 14 heavy (non-hydrogen) atoms. The molecule has 0 bridgehead atoms. The van der Waals surface area contributed by atoms with Gasteiger partial charge in [0.1, 0.15) is 6.26 Å². The number of anilines is 1. The predicted octanol–water partition coefficient (Wildman–Crippen LogP) is 2.26. The summed E-state index contributed by atoms with van der Waals surface area (Å²) in [6, 6.07) is 9.30. The molecular weight excluding hydrogens is 174 g/mol. The molecule has 0 spiro atoms. The van der Waals surface area contributed by atoms with Crippen molar-refractivity contribution in [2.75, 3.05) is 5.73 Å². The van der Waals surface area contributed by atoms with Gasteiger partial charge in [-0.3, -0.25) is 0 Å². The zero-order valence-electron chi connectivity index (χ0n) is 7.53. The van der Waals surface area contributed by atoms with Crippen LogP contribution in [0.4, 0.5) is 5.69 Å². The molecule has 0 radical (unpaired) electrons. The Morgan fingerprint density at radius 1 is 1.07 bits per heavy atom. The van der Waals surface area contributed by atoms with E-state index in [0.29, 0.717) is 0 Å². The monoisotopic (exact) mass is 183 g/mol. The summed E-state index contributed by atoms with van der Waals surface area (Å²) < 4.78 is 4.90. The van der Waals surface area contributed by atoms with Gasteiger partial charge in [0, 0.05) is 11.3 Å². The van der Waals surface area contributed by atoms with Crippen molar-refractivity contribution in [1.82, 2.24) is 0 Å². The van der Waals surface area contributed by atoms with Crippen molar-refractivity contribution in [1.29, 1.82) is 0 Å². The van der Waals surface area contributed by atoms with E-state index in [-0.39, 0.29) is 0 Å². The van der Waals surface area contributed by atoms with Crippen LogP contribution < -0.4 is 5.73 Å². The summed E-state index contributed by atoms with van der Waals surface area (Å²) in [7, 11) is 0. The number of furan rings is 1. The van der Waals surface area contributed by atoms with Crippen LogP contribution in [0.3, 0.4) is 0 Å². The Morgan fingerprint density at radius 3 is 2.64 bits per heavy atom.